The molecule has 2 rings (SSSR count). The third-order valence-corrected chi connectivity index (χ3v) is 5.97. The Hall–Kier alpha value is -1.91. The molecule has 0 aliphatic heterocycles. The standard InChI is InChI=1S/C23H36O5/c1-22(2,3)11-8-6-9-16-17(20(26)19(25)15-18(16)24)10-5-4-7-12-23(13-14-23)21(27)28/h15,24-26H,4-14H2,1-3H3,(H,27,28). The van der Waals surface area contributed by atoms with Crippen LogP contribution in [0.5, 0.6) is 17.2 Å². The Kier molecular flexibility index (Phi) is 7.24. The summed E-state index contributed by atoms with van der Waals surface area (Å²) >= 11 is 0. The van der Waals surface area contributed by atoms with Crippen LogP contribution in [0.1, 0.15) is 89.7 Å². The summed E-state index contributed by atoms with van der Waals surface area (Å²) in [5.41, 5.74) is 1.15. The Morgan fingerprint density at radius 3 is 2.11 bits per heavy atom. The Balaban J connectivity index is 1.91. The van der Waals surface area contributed by atoms with Crippen molar-refractivity contribution in [3.8, 4) is 17.2 Å². The summed E-state index contributed by atoms with van der Waals surface area (Å²) in [7, 11) is 0. The number of phenols is 3. The SMILES string of the molecule is CC(C)(C)CCCCc1c(O)cc(O)c(O)c1CCCCCC1(C(=O)O)CC1. The first kappa shape index (κ1) is 22.4. The molecule has 0 radical (unpaired) electrons. The van der Waals surface area contributed by atoms with E-state index in [2.05, 4.69) is 20.8 Å². The van der Waals surface area contributed by atoms with Crippen molar-refractivity contribution in [2.45, 2.75) is 91.4 Å². The highest BCUT2D eigenvalue weighted by Crippen LogP contribution is 2.50. The molecular weight excluding hydrogens is 356 g/mol. The Morgan fingerprint density at radius 2 is 1.54 bits per heavy atom. The second kappa shape index (κ2) is 9.06. The predicted octanol–water partition coefficient (Wildman–Crippen LogP) is 5.53. The lowest BCUT2D eigenvalue weighted by Gasteiger charge is -2.18. The highest BCUT2D eigenvalue weighted by Gasteiger charge is 2.49. The van der Waals surface area contributed by atoms with Gasteiger partial charge in [-0.25, -0.2) is 0 Å². The number of aliphatic carboxylic acids is 1. The maximum atomic E-state index is 11.2. The Morgan fingerprint density at radius 1 is 0.929 bits per heavy atom. The summed E-state index contributed by atoms with van der Waals surface area (Å²) in [5, 5.41) is 39.7. The van der Waals surface area contributed by atoms with Gasteiger partial charge < -0.3 is 20.4 Å². The minimum Gasteiger partial charge on any atom is -0.508 e. The van der Waals surface area contributed by atoms with E-state index in [9.17, 15) is 25.2 Å². The topological polar surface area (TPSA) is 98.0 Å². The van der Waals surface area contributed by atoms with E-state index in [1.165, 1.54) is 6.07 Å². The molecular formula is C23H36O5. The summed E-state index contributed by atoms with van der Waals surface area (Å²) < 4.78 is 0. The van der Waals surface area contributed by atoms with Crippen LogP contribution in [-0.2, 0) is 17.6 Å². The lowest BCUT2D eigenvalue weighted by Crippen LogP contribution is -2.14. The van der Waals surface area contributed by atoms with E-state index in [-0.39, 0.29) is 22.7 Å². The molecule has 0 bridgehead atoms. The van der Waals surface area contributed by atoms with Gasteiger partial charge in [-0.1, -0.05) is 40.0 Å². The van der Waals surface area contributed by atoms with Gasteiger partial charge in [0.05, 0.1) is 5.41 Å². The molecule has 4 N–H and O–H groups in total. The number of benzene rings is 1. The Bertz CT molecular complexity index is 683. The van der Waals surface area contributed by atoms with Crippen LogP contribution < -0.4 is 0 Å². The molecule has 0 aromatic heterocycles. The molecule has 0 atom stereocenters. The zero-order valence-electron chi connectivity index (χ0n) is 17.6. The summed E-state index contributed by atoms with van der Waals surface area (Å²) in [6, 6.07) is 1.22. The van der Waals surface area contributed by atoms with Gasteiger partial charge in [0.2, 0.25) is 0 Å². The van der Waals surface area contributed by atoms with E-state index in [4.69, 9.17) is 0 Å². The van der Waals surface area contributed by atoms with Gasteiger partial charge in [-0.15, -0.1) is 0 Å². The van der Waals surface area contributed by atoms with Gasteiger partial charge in [-0.3, -0.25) is 4.79 Å². The molecule has 1 saturated carbocycles. The fourth-order valence-electron chi connectivity index (χ4n) is 3.91. The molecule has 1 aromatic carbocycles. The predicted molar refractivity (Wildman–Crippen MR) is 110 cm³/mol. The number of carboxylic acid groups (broad SMARTS) is 1. The third kappa shape index (κ3) is 6.05. The zero-order chi connectivity index (χ0) is 20.9. The largest absolute Gasteiger partial charge is 0.508 e. The second-order valence-corrected chi connectivity index (χ2v) is 9.63. The second-order valence-electron chi connectivity index (χ2n) is 9.63. The van der Waals surface area contributed by atoms with Crippen LogP contribution in [0, 0.1) is 10.8 Å². The van der Waals surface area contributed by atoms with Gasteiger partial charge in [0, 0.05) is 17.2 Å². The summed E-state index contributed by atoms with van der Waals surface area (Å²) in [6.07, 6.45) is 9.08. The maximum absolute atomic E-state index is 11.2. The van der Waals surface area contributed by atoms with Crippen molar-refractivity contribution in [3.05, 3.63) is 17.2 Å². The first-order valence-electron chi connectivity index (χ1n) is 10.5. The quantitative estimate of drug-likeness (QED) is 0.225. The Labute approximate surface area is 168 Å². The molecule has 1 aliphatic carbocycles. The van der Waals surface area contributed by atoms with Crippen molar-refractivity contribution in [2.75, 3.05) is 0 Å². The number of unbranched alkanes of at least 4 members (excludes halogenated alkanes) is 3. The number of rotatable bonds is 11. The molecule has 0 unspecified atom stereocenters. The first-order valence-corrected chi connectivity index (χ1v) is 10.5. The highest BCUT2D eigenvalue weighted by molar-refractivity contribution is 5.77. The average Bonchev–Trinajstić information content (AvgIpc) is 3.37. The molecule has 0 heterocycles. The molecule has 0 amide bonds. The van der Waals surface area contributed by atoms with Crippen molar-refractivity contribution in [2.24, 2.45) is 10.8 Å². The normalized spacial score (nSPS) is 15.5. The summed E-state index contributed by atoms with van der Waals surface area (Å²) in [4.78, 5) is 11.2. The molecule has 5 heteroatoms. The molecule has 0 saturated heterocycles. The lowest BCUT2D eigenvalue weighted by molar-refractivity contribution is -0.143. The minimum absolute atomic E-state index is 0.0452. The van der Waals surface area contributed by atoms with Crippen LogP contribution in [-0.4, -0.2) is 26.4 Å². The van der Waals surface area contributed by atoms with Crippen molar-refractivity contribution < 1.29 is 25.2 Å². The monoisotopic (exact) mass is 392 g/mol. The summed E-state index contributed by atoms with van der Waals surface area (Å²) in [6.45, 7) is 6.62. The van der Waals surface area contributed by atoms with Gasteiger partial charge in [0.25, 0.3) is 0 Å². The van der Waals surface area contributed by atoms with Gasteiger partial charge in [-0.05, 0) is 56.8 Å². The molecule has 5 nitrogen and oxygen atoms in total. The van der Waals surface area contributed by atoms with Gasteiger partial charge in [-0.2, -0.15) is 0 Å². The summed E-state index contributed by atoms with van der Waals surface area (Å²) in [5.74, 6) is -1.05. The van der Waals surface area contributed by atoms with Gasteiger partial charge >= 0.3 is 5.97 Å². The van der Waals surface area contributed by atoms with Crippen LogP contribution >= 0.6 is 0 Å². The molecule has 0 spiro atoms. The number of carboxylic acids is 1. The number of hydrogen-bond acceptors (Lipinski definition) is 4. The molecule has 28 heavy (non-hydrogen) atoms. The zero-order valence-corrected chi connectivity index (χ0v) is 17.6. The van der Waals surface area contributed by atoms with Gasteiger partial charge in [0.15, 0.2) is 11.5 Å². The van der Waals surface area contributed by atoms with Crippen LogP contribution in [0.15, 0.2) is 6.07 Å². The van der Waals surface area contributed by atoms with Crippen molar-refractivity contribution in [1.82, 2.24) is 0 Å². The van der Waals surface area contributed by atoms with Crippen molar-refractivity contribution in [3.63, 3.8) is 0 Å². The van der Waals surface area contributed by atoms with Crippen molar-refractivity contribution >= 4 is 5.97 Å². The lowest BCUT2D eigenvalue weighted by atomic mass is 9.88. The van der Waals surface area contributed by atoms with E-state index in [1.54, 1.807) is 0 Å². The highest BCUT2D eigenvalue weighted by atomic mass is 16.4. The van der Waals surface area contributed by atoms with Gasteiger partial charge in [0.1, 0.15) is 5.75 Å². The minimum atomic E-state index is -0.680. The van der Waals surface area contributed by atoms with Crippen LogP contribution in [0.2, 0.25) is 0 Å². The molecule has 1 aliphatic rings. The number of phenolic OH excluding ortho intramolecular Hbond substituents is 3. The fourth-order valence-corrected chi connectivity index (χ4v) is 3.91. The van der Waals surface area contributed by atoms with E-state index in [0.717, 1.165) is 56.9 Å². The van der Waals surface area contributed by atoms with E-state index >= 15 is 0 Å². The number of hydrogen-bond donors (Lipinski definition) is 4. The van der Waals surface area contributed by atoms with Crippen LogP contribution in [0.25, 0.3) is 0 Å². The van der Waals surface area contributed by atoms with Crippen molar-refractivity contribution in [1.29, 1.82) is 0 Å². The number of aromatic hydroxyl groups is 3. The fraction of sp³-hybridized carbons (Fsp3) is 0.696. The third-order valence-electron chi connectivity index (χ3n) is 5.97. The molecule has 158 valence electrons. The van der Waals surface area contributed by atoms with E-state index in [0.29, 0.717) is 24.8 Å². The average molecular weight is 393 g/mol. The maximum Gasteiger partial charge on any atom is 0.309 e. The smallest absolute Gasteiger partial charge is 0.309 e. The first-order chi connectivity index (χ1) is 13.1. The van der Waals surface area contributed by atoms with Crippen LogP contribution in [0.3, 0.4) is 0 Å². The molecule has 1 fully saturated rings. The van der Waals surface area contributed by atoms with E-state index in [1.807, 2.05) is 0 Å². The van der Waals surface area contributed by atoms with Crippen LogP contribution in [0.4, 0.5) is 0 Å². The van der Waals surface area contributed by atoms with E-state index < -0.39 is 11.4 Å². The number of carbonyl (C=O) groups is 1. The molecule has 1 aromatic rings.